The molecular formula is C30H39N3O6. The summed E-state index contributed by atoms with van der Waals surface area (Å²) in [4.78, 5) is 47.3. The topological polar surface area (TPSA) is 99.6 Å². The summed E-state index contributed by atoms with van der Waals surface area (Å²) in [5.74, 6) is -1.77. The Balaban J connectivity index is 1.54. The molecule has 9 nitrogen and oxygen atoms in total. The van der Waals surface area contributed by atoms with Crippen molar-refractivity contribution in [1.29, 1.82) is 0 Å². The van der Waals surface area contributed by atoms with Crippen LogP contribution in [0.1, 0.15) is 40.0 Å². The molecule has 1 aromatic carbocycles. The van der Waals surface area contributed by atoms with Crippen molar-refractivity contribution in [2.75, 3.05) is 44.3 Å². The second-order valence-corrected chi connectivity index (χ2v) is 10.9. The summed E-state index contributed by atoms with van der Waals surface area (Å²) in [6, 6.07) is 6.39. The van der Waals surface area contributed by atoms with Crippen molar-refractivity contribution in [3.63, 3.8) is 0 Å². The number of carbonyl (C=O) groups excluding carboxylic acids is 3. The normalized spacial score (nSPS) is 31.7. The standard InChI is InChI=1S/C30H39N3O6/c1-4-6-7-16-31-17-9-15-30-24(27(36)33(19-20-34)25(30)28(31)37)23-26(35)32(18-8-14-29(23,3)39-30)21-10-12-22(13-11-21)38-5-2/h8-15,23-25,34H,4-7,16-20H2,1-3H3/t23-,24+,25?,29+,30+/m1/s1. The van der Waals surface area contributed by atoms with E-state index in [9.17, 15) is 19.5 Å². The Kier molecular flexibility index (Phi) is 7.57. The minimum Gasteiger partial charge on any atom is -0.494 e. The molecule has 4 aliphatic rings. The molecule has 3 amide bonds. The number of aliphatic hydroxyl groups excluding tert-OH is 1. The monoisotopic (exact) mass is 537 g/mol. The van der Waals surface area contributed by atoms with Gasteiger partial charge in [0, 0.05) is 31.9 Å². The van der Waals surface area contributed by atoms with E-state index in [1.807, 2.05) is 62.4 Å². The van der Waals surface area contributed by atoms with Gasteiger partial charge in [0.2, 0.25) is 17.7 Å². The van der Waals surface area contributed by atoms with E-state index in [1.54, 1.807) is 9.80 Å². The SMILES string of the molecule is CCCCCN1CC=C[C@]23O[C@@]4(C)C=CCN(c5ccc(OCC)cc5)C(=O)[C@H]4[C@H]2C(=O)N(CCO)C3C1=O. The van der Waals surface area contributed by atoms with Crippen LogP contribution in [0.4, 0.5) is 5.69 Å². The molecule has 5 atom stereocenters. The van der Waals surface area contributed by atoms with Gasteiger partial charge in [0.1, 0.15) is 17.4 Å². The highest BCUT2D eigenvalue weighted by atomic mass is 16.5. The van der Waals surface area contributed by atoms with Gasteiger partial charge in [0.05, 0.1) is 30.7 Å². The molecule has 5 rings (SSSR count). The molecule has 9 heteroatoms. The Morgan fingerprint density at radius 2 is 1.69 bits per heavy atom. The highest BCUT2D eigenvalue weighted by molar-refractivity contribution is 6.04. The quantitative estimate of drug-likeness (QED) is 0.384. The smallest absolute Gasteiger partial charge is 0.249 e. The molecule has 1 aromatic rings. The molecule has 1 unspecified atom stereocenters. The van der Waals surface area contributed by atoms with Crippen molar-refractivity contribution in [3.05, 3.63) is 48.6 Å². The fourth-order valence-electron chi connectivity index (χ4n) is 6.79. The van der Waals surface area contributed by atoms with Crippen molar-refractivity contribution >= 4 is 23.4 Å². The van der Waals surface area contributed by atoms with E-state index < -0.39 is 29.1 Å². The number of likely N-dealkylation sites (tertiary alicyclic amines) is 1. The van der Waals surface area contributed by atoms with E-state index >= 15 is 0 Å². The number of hydrogen-bond acceptors (Lipinski definition) is 6. The molecule has 210 valence electrons. The van der Waals surface area contributed by atoms with Gasteiger partial charge < -0.3 is 29.3 Å². The molecule has 2 saturated heterocycles. The lowest BCUT2D eigenvalue weighted by atomic mass is 9.74. The van der Waals surface area contributed by atoms with E-state index in [2.05, 4.69) is 6.92 Å². The fourth-order valence-corrected chi connectivity index (χ4v) is 6.79. The molecular weight excluding hydrogens is 498 g/mol. The number of nitrogens with zero attached hydrogens (tertiary/aromatic N) is 3. The largest absolute Gasteiger partial charge is 0.494 e. The maximum atomic E-state index is 14.3. The Hall–Kier alpha value is -3.17. The number of anilines is 1. The highest BCUT2D eigenvalue weighted by Crippen LogP contribution is 2.57. The second kappa shape index (κ2) is 10.8. The summed E-state index contributed by atoms with van der Waals surface area (Å²) >= 11 is 0. The zero-order valence-electron chi connectivity index (χ0n) is 23.0. The van der Waals surface area contributed by atoms with Gasteiger partial charge >= 0.3 is 0 Å². The minimum atomic E-state index is -1.30. The van der Waals surface area contributed by atoms with Gasteiger partial charge in [0.25, 0.3) is 0 Å². The zero-order valence-corrected chi connectivity index (χ0v) is 23.0. The minimum absolute atomic E-state index is 0.00353. The van der Waals surface area contributed by atoms with E-state index in [4.69, 9.17) is 9.47 Å². The summed E-state index contributed by atoms with van der Waals surface area (Å²) < 4.78 is 12.4. The van der Waals surface area contributed by atoms with Crippen LogP contribution in [0.15, 0.2) is 48.6 Å². The van der Waals surface area contributed by atoms with Crippen LogP contribution >= 0.6 is 0 Å². The van der Waals surface area contributed by atoms with Crippen LogP contribution < -0.4 is 9.64 Å². The fraction of sp³-hybridized carbons (Fsp3) is 0.567. The molecule has 4 heterocycles. The summed E-state index contributed by atoms with van der Waals surface area (Å²) in [6.45, 7) is 7.46. The highest BCUT2D eigenvalue weighted by Gasteiger charge is 2.74. The van der Waals surface area contributed by atoms with Gasteiger partial charge in [-0.15, -0.1) is 0 Å². The third-order valence-corrected chi connectivity index (χ3v) is 8.47. The molecule has 39 heavy (non-hydrogen) atoms. The van der Waals surface area contributed by atoms with Gasteiger partial charge in [0.15, 0.2) is 0 Å². The van der Waals surface area contributed by atoms with Crippen molar-refractivity contribution in [2.45, 2.75) is 57.3 Å². The molecule has 0 aromatic heterocycles. The average Bonchev–Trinajstić information content (AvgIpc) is 3.18. The van der Waals surface area contributed by atoms with Crippen LogP contribution in [0.2, 0.25) is 0 Å². The molecule has 1 N–H and O–H groups in total. The van der Waals surface area contributed by atoms with Crippen molar-refractivity contribution in [2.24, 2.45) is 11.8 Å². The molecule has 0 saturated carbocycles. The summed E-state index contributed by atoms with van der Waals surface area (Å²) in [5, 5.41) is 9.85. The van der Waals surface area contributed by atoms with Crippen LogP contribution in [-0.4, -0.2) is 89.3 Å². The number of fused-ring (bicyclic) bond motifs is 2. The summed E-state index contributed by atoms with van der Waals surface area (Å²) in [6.07, 6.45) is 10.4. The number of aliphatic hydroxyl groups is 1. The number of carbonyl (C=O) groups is 3. The first-order chi connectivity index (χ1) is 18.8. The Bertz CT molecular complexity index is 1170. The number of hydrogen-bond donors (Lipinski definition) is 1. The Labute approximate surface area is 230 Å². The van der Waals surface area contributed by atoms with E-state index in [1.165, 1.54) is 4.90 Å². The number of ether oxygens (including phenoxy) is 2. The summed E-state index contributed by atoms with van der Waals surface area (Å²) in [5.41, 5.74) is -1.69. The molecule has 2 fully saturated rings. The van der Waals surface area contributed by atoms with E-state index in [-0.39, 0.29) is 30.9 Å². The van der Waals surface area contributed by atoms with E-state index in [0.717, 1.165) is 19.3 Å². The predicted molar refractivity (Wildman–Crippen MR) is 146 cm³/mol. The molecule has 0 radical (unpaired) electrons. The number of unbranched alkanes of at least 4 members (excludes halogenated alkanes) is 2. The first kappa shape index (κ1) is 27.4. The third kappa shape index (κ3) is 4.45. The van der Waals surface area contributed by atoms with E-state index in [0.29, 0.717) is 37.7 Å². The van der Waals surface area contributed by atoms with Gasteiger partial charge in [-0.1, -0.05) is 44.1 Å². The van der Waals surface area contributed by atoms with Gasteiger partial charge in [-0.25, -0.2) is 0 Å². The lowest BCUT2D eigenvalue weighted by Crippen LogP contribution is -2.56. The number of rotatable bonds is 9. The number of amides is 3. The van der Waals surface area contributed by atoms with Crippen LogP contribution in [0.25, 0.3) is 0 Å². The third-order valence-electron chi connectivity index (χ3n) is 8.47. The summed E-state index contributed by atoms with van der Waals surface area (Å²) in [7, 11) is 0. The molecule has 0 bridgehead atoms. The van der Waals surface area contributed by atoms with Gasteiger partial charge in [-0.05, 0) is 44.5 Å². The van der Waals surface area contributed by atoms with Crippen LogP contribution in [0, 0.1) is 11.8 Å². The second-order valence-electron chi connectivity index (χ2n) is 10.9. The van der Waals surface area contributed by atoms with Crippen molar-refractivity contribution < 1.29 is 29.0 Å². The number of β-amino-alcohol motifs (C(OH)–C–C–N with tert-alkyl or cyclic N) is 1. The molecule has 1 spiro atoms. The van der Waals surface area contributed by atoms with Gasteiger partial charge in [-0.3, -0.25) is 14.4 Å². The average molecular weight is 538 g/mol. The number of benzene rings is 1. The molecule has 0 aliphatic carbocycles. The lowest BCUT2D eigenvalue weighted by molar-refractivity contribution is -0.151. The zero-order chi connectivity index (χ0) is 27.8. The van der Waals surface area contributed by atoms with Crippen LogP contribution in [-0.2, 0) is 19.1 Å². The Morgan fingerprint density at radius 3 is 2.38 bits per heavy atom. The lowest BCUT2D eigenvalue weighted by Gasteiger charge is -2.37. The molecule has 4 aliphatic heterocycles. The Morgan fingerprint density at radius 1 is 0.949 bits per heavy atom. The van der Waals surface area contributed by atoms with Crippen LogP contribution in [0.5, 0.6) is 5.75 Å². The van der Waals surface area contributed by atoms with Crippen molar-refractivity contribution in [3.8, 4) is 5.75 Å². The van der Waals surface area contributed by atoms with Crippen LogP contribution in [0.3, 0.4) is 0 Å². The van der Waals surface area contributed by atoms with Gasteiger partial charge in [-0.2, -0.15) is 0 Å². The predicted octanol–water partition coefficient (Wildman–Crippen LogP) is 2.54. The maximum absolute atomic E-state index is 14.3. The van der Waals surface area contributed by atoms with Crippen molar-refractivity contribution in [1.82, 2.24) is 9.80 Å². The maximum Gasteiger partial charge on any atom is 0.249 e. The first-order valence-electron chi connectivity index (χ1n) is 14.1. The first-order valence-corrected chi connectivity index (χ1v) is 14.1.